The highest BCUT2D eigenvalue weighted by Gasteiger charge is 2.17. The number of aromatic nitrogens is 2. The molecule has 0 saturated carbocycles. The third-order valence-corrected chi connectivity index (χ3v) is 5.91. The number of benzene rings is 2. The number of thiazole rings is 1. The number of carbonyl (C=O) groups excluding carboxylic acids is 1. The van der Waals surface area contributed by atoms with Crippen molar-refractivity contribution in [2.45, 2.75) is 34.1 Å². The molecule has 4 aromatic rings. The molecule has 0 aliphatic carbocycles. The predicted molar refractivity (Wildman–Crippen MR) is 119 cm³/mol. The molecule has 30 heavy (non-hydrogen) atoms. The van der Waals surface area contributed by atoms with Crippen molar-refractivity contribution in [3.05, 3.63) is 57.6 Å². The average Bonchev–Trinajstić information content (AvgIpc) is 3.24. The van der Waals surface area contributed by atoms with E-state index in [-0.39, 0.29) is 12.3 Å². The number of carbonyl (C=O) groups is 1. The number of hydrogen-bond donors (Lipinski definition) is 1. The molecule has 2 heterocycles. The molecular formula is C23H23N3O3S. The first-order valence-corrected chi connectivity index (χ1v) is 10.4. The quantitative estimate of drug-likeness (QED) is 0.468. The summed E-state index contributed by atoms with van der Waals surface area (Å²) >= 11 is 1.46. The molecule has 0 atom stereocenters. The predicted octanol–water partition coefficient (Wildman–Crippen LogP) is 5.37. The smallest absolute Gasteiger partial charge is 0.232 e. The molecule has 154 valence electrons. The fourth-order valence-corrected chi connectivity index (χ4v) is 4.55. The molecule has 6 nitrogen and oxygen atoms in total. The van der Waals surface area contributed by atoms with E-state index in [1.807, 2.05) is 52.0 Å². The number of aryl methyl sites for hydroxylation is 4. The maximum atomic E-state index is 12.7. The van der Waals surface area contributed by atoms with Crippen molar-refractivity contribution in [2.75, 3.05) is 12.4 Å². The molecule has 4 rings (SSSR count). The Morgan fingerprint density at radius 3 is 2.67 bits per heavy atom. The van der Waals surface area contributed by atoms with E-state index in [0.717, 1.165) is 44.0 Å². The topological polar surface area (TPSA) is 77.2 Å². The third kappa shape index (κ3) is 3.80. The van der Waals surface area contributed by atoms with Crippen molar-refractivity contribution in [1.29, 1.82) is 0 Å². The van der Waals surface area contributed by atoms with Crippen LogP contribution in [0.5, 0.6) is 5.75 Å². The number of nitrogens with zero attached hydrogens (tertiary/aromatic N) is 2. The Kier molecular flexibility index (Phi) is 5.30. The Morgan fingerprint density at radius 2 is 1.93 bits per heavy atom. The summed E-state index contributed by atoms with van der Waals surface area (Å²) in [6.45, 7) is 8.01. The van der Waals surface area contributed by atoms with Crippen molar-refractivity contribution in [1.82, 2.24) is 10.1 Å². The van der Waals surface area contributed by atoms with E-state index in [4.69, 9.17) is 9.26 Å². The zero-order valence-electron chi connectivity index (χ0n) is 17.6. The first kappa shape index (κ1) is 20.1. The molecule has 0 fully saturated rings. The minimum Gasteiger partial charge on any atom is -0.496 e. The Labute approximate surface area is 178 Å². The average molecular weight is 422 g/mol. The van der Waals surface area contributed by atoms with Gasteiger partial charge in [-0.3, -0.25) is 4.79 Å². The van der Waals surface area contributed by atoms with Crippen LogP contribution in [0.2, 0.25) is 0 Å². The van der Waals surface area contributed by atoms with E-state index in [0.29, 0.717) is 16.4 Å². The van der Waals surface area contributed by atoms with Crippen LogP contribution >= 0.6 is 11.3 Å². The van der Waals surface area contributed by atoms with Gasteiger partial charge in [0.1, 0.15) is 11.4 Å². The molecule has 0 radical (unpaired) electrons. The number of rotatable bonds is 5. The van der Waals surface area contributed by atoms with E-state index in [1.165, 1.54) is 11.3 Å². The normalized spacial score (nSPS) is 11.1. The number of nitrogens with one attached hydrogen (secondary N) is 1. The van der Waals surface area contributed by atoms with Crippen molar-refractivity contribution in [3.8, 4) is 17.0 Å². The molecule has 1 N–H and O–H groups in total. The van der Waals surface area contributed by atoms with Gasteiger partial charge in [-0.15, -0.1) is 11.3 Å². The Morgan fingerprint density at radius 1 is 1.13 bits per heavy atom. The van der Waals surface area contributed by atoms with Crippen LogP contribution in [-0.2, 0) is 11.2 Å². The zero-order valence-corrected chi connectivity index (χ0v) is 18.4. The molecule has 1 amide bonds. The Bertz CT molecular complexity index is 1260. The van der Waals surface area contributed by atoms with Crippen LogP contribution in [0.1, 0.15) is 27.3 Å². The van der Waals surface area contributed by atoms with Crippen LogP contribution in [0.3, 0.4) is 0 Å². The first-order chi connectivity index (χ1) is 14.4. The van der Waals surface area contributed by atoms with Gasteiger partial charge in [0.05, 0.1) is 19.2 Å². The summed E-state index contributed by atoms with van der Waals surface area (Å²) in [6.07, 6.45) is 0.131. The van der Waals surface area contributed by atoms with E-state index < -0.39 is 0 Å². The summed E-state index contributed by atoms with van der Waals surface area (Å²) in [5, 5.41) is 8.49. The molecule has 7 heteroatoms. The summed E-state index contributed by atoms with van der Waals surface area (Å²) < 4.78 is 10.8. The van der Waals surface area contributed by atoms with Gasteiger partial charge in [0, 0.05) is 15.8 Å². The molecule has 2 aromatic heterocycles. The lowest BCUT2D eigenvalue weighted by Gasteiger charge is -2.06. The van der Waals surface area contributed by atoms with Crippen molar-refractivity contribution < 1.29 is 14.1 Å². The van der Waals surface area contributed by atoms with Gasteiger partial charge >= 0.3 is 0 Å². The SMILES string of the molecule is COc1ccc(-c2nc(NC(=O)Cc3noc4cc(C)cc(C)c34)sc2C)cc1C. The zero-order chi connectivity index (χ0) is 21.4. The van der Waals surface area contributed by atoms with Crippen LogP contribution in [-0.4, -0.2) is 23.2 Å². The lowest BCUT2D eigenvalue weighted by atomic mass is 10.0. The lowest BCUT2D eigenvalue weighted by Crippen LogP contribution is -2.14. The number of fused-ring (bicyclic) bond motifs is 1. The number of amides is 1. The Balaban J connectivity index is 1.54. The van der Waals surface area contributed by atoms with Gasteiger partial charge in [-0.25, -0.2) is 4.98 Å². The van der Waals surface area contributed by atoms with Gasteiger partial charge < -0.3 is 14.6 Å². The standard InChI is InChI=1S/C23H23N3O3S/c1-12-8-14(3)21-17(26-29-19(21)9-12)11-20(27)24-23-25-22(15(4)30-23)16-6-7-18(28-5)13(2)10-16/h6-10H,11H2,1-5H3,(H,24,25,27). The largest absolute Gasteiger partial charge is 0.496 e. The van der Waals surface area contributed by atoms with Crippen LogP contribution in [0.15, 0.2) is 34.9 Å². The summed E-state index contributed by atoms with van der Waals surface area (Å²) in [6, 6.07) is 9.95. The molecule has 0 aliphatic heterocycles. The number of ether oxygens (including phenoxy) is 1. The molecular weight excluding hydrogens is 398 g/mol. The molecule has 0 aliphatic rings. The van der Waals surface area contributed by atoms with E-state index in [1.54, 1.807) is 7.11 Å². The highest BCUT2D eigenvalue weighted by atomic mass is 32.1. The molecule has 0 saturated heterocycles. The second kappa shape index (κ2) is 7.91. The van der Waals surface area contributed by atoms with Gasteiger partial charge in [0.25, 0.3) is 0 Å². The maximum absolute atomic E-state index is 12.7. The van der Waals surface area contributed by atoms with Crippen LogP contribution < -0.4 is 10.1 Å². The van der Waals surface area contributed by atoms with E-state index in [9.17, 15) is 4.79 Å². The van der Waals surface area contributed by atoms with Crippen LogP contribution in [0.4, 0.5) is 5.13 Å². The number of hydrogen-bond acceptors (Lipinski definition) is 6. The van der Waals surface area contributed by atoms with Crippen molar-refractivity contribution >= 4 is 33.3 Å². The molecule has 0 unspecified atom stereocenters. The van der Waals surface area contributed by atoms with Crippen molar-refractivity contribution in [2.24, 2.45) is 0 Å². The molecule has 2 aromatic carbocycles. The first-order valence-electron chi connectivity index (χ1n) is 9.63. The van der Waals surface area contributed by atoms with Crippen molar-refractivity contribution in [3.63, 3.8) is 0 Å². The summed E-state index contributed by atoms with van der Waals surface area (Å²) in [7, 11) is 1.66. The van der Waals surface area contributed by atoms with E-state index in [2.05, 4.69) is 21.5 Å². The number of anilines is 1. The van der Waals surface area contributed by atoms with Gasteiger partial charge in [0.15, 0.2) is 10.7 Å². The second-order valence-corrected chi connectivity index (χ2v) is 8.62. The van der Waals surface area contributed by atoms with Gasteiger partial charge in [0.2, 0.25) is 5.91 Å². The summed E-state index contributed by atoms with van der Waals surface area (Å²) in [4.78, 5) is 18.3. The maximum Gasteiger partial charge on any atom is 0.232 e. The van der Waals surface area contributed by atoms with Gasteiger partial charge in [-0.05, 0) is 68.7 Å². The minimum atomic E-state index is -0.170. The highest BCUT2D eigenvalue weighted by molar-refractivity contribution is 7.16. The van der Waals surface area contributed by atoms with Crippen LogP contribution in [0.25, 0.3) is 22.2 Å². The van der Waals surface area contributed by atoms with Crippen LogP contribution in [0, 0.1) is 27.7 Å². The minimum absolute atomic E-state index is 0.131. The van der Waals surface area contributed by atoms with Gasteiger partial charge in [-0.1, -0.05) is 11.2 Å². The summed E-state index contributed by atoms with van der Waals surface area (Å²) in [5.41, 5.74) is 6.40. The fraction of sp³-hybridized carbons (Fsp3) is 0.261. The Hall–Kier alpha value is -3.19. The van der Waals surface area contributed by atoms with E-state index >= 15 is 0 Å². The highest BCUT2D eigenvalue weighted by Crippen LogP contribution is 2.33. The van der Waals surface area contributed by atoms with Gasteiger partial charge in [-0.2, -0.15) is 0 Å². The number of methoxy groups -OCH3 is 1. The monoisotopic (exact) mass is 421 g/mol. The fourth-order valence-electron chi connectivity index (χ4n) is 3.70. The summed E-state index contributed by atoms with van der Waals surface area (Å²) in [5.74, 6) is 0.668. The molecule has 0 spiro atoms. The third-order valence-electron chi connectivity index (χ3n) is 5.03. The molecule has 0 bridgehead atoms. The second-order valence-electron chi connectivity index (χ2n) is 7.42. The lowest BCUT2D eigenvalue weighted by molar-refractivity contribution is -0.115.